The average molecular weight is 179 g/mol. The van der Waals surface area contributed by atoms with Crippen molar-refractivity contribution < 1.29 is 0 Å². The maximum atomic E-state index is 5.57. The Bertz CT molecular complexity index is 235. The summed E-state index contributed by atoms with van der Waals surface area (Å²) < 4.78 is 0. The average Bonchev–Trinajstić information content (AvgIpc) is 2.18. The lowest BCUT2D eigenvalue weighted by Crippen LogP contribution is -2.29. The van der Waals surface area contributed by atoms with Crippen LogP contribution in [0.5, 0.6) is 0 Å². The second-order valence-electron chi connectivity index (χ2n) is 3.38. The van der Waals surface area contributed by atoms with E-state index in [4.69, 9.17) is 5.73 Å². The molecule has 13 heavy (non-hydrogen) atoms. The highest BCUT2D eigenvalue weighted by atomic mass is 14.9. The van der Waals surface area contributed by atoms with Gasteiger partial charge in [0, 0.05) is 24.1 Å². The molecule has 1 aromatic rings. The Labute approximate surface area is 79.4 Å². The van der Waals surface area contributed by atoms with Gasteiger partial charge in [0.15, 0.2) is 0 Å². The fourth-order valence-electron chi connectivity index (χ4n) is 1.06. The Balaban J connectivity index is 2.50. The molecule has 2 unspecified atom stereocenters. The zero-order chi connectivity index (χ0) is 9.68. The van der Waals surface area contributed by atoms with Gasteiger partial charge in [-0.2, -0.15) is 0 Å². The minimum Gasteiger partial charge on any atom is -0.382 e. The summed E-state index contributed by atoms with van der Waals surface area (Å²) in [7, 11) is 0. The maximum Gasteiger partial charge on any atom is 0.0373 e. The Morgan fingerprint density at radius 3 is 2.54 bits per heavy atom. The standard InChI is InChI=1S/C10H17N3/c1-8(7-11)9(2)13-10-3-5-12-6-4-10/h3-6,8-9H,7,11H2,1-2H3,(H,12,13). The quantitative estimate of drug-likeness (QED) is 0.736. The van der Waals surface area contributed by atoms with Crippen molar-refractivity contribution in [1.29, 1.82) is 0 Å². The van der Waals surface area contributed by atoms with Gasteiger partial charge in [-0.05, 0) is 31.5 Å². The number of aromatic nitrogens is 1. The van der Waals surface area contributed by atoms with Crippen LogP contribution in [0.2, 0.25) is 0 Å². The van der Waals surface area contributed by atoms with Crippen molar-refractivity contribution in [2.45, 2.75) is 19.9 Å². The molecule has 3 nitrogen and oxygen atoms in total. The lowest BCUT2D eigenvalue weighted by atomic mass is 10.0. The molecule has 3 N–H and O–H groups in total. The van der Waals surface area contributed by atoms with Crippen molar-refractivity contribution in [3.05, 3.63) is 24.5 Å². The molecule has 0 radical (unpaired) electrons. The van der Waals surface area contributed by atoms with E-state index in [1.54, 1.807) is 12.4 Å². The Hall–Kier alpha value is -1.09. The molecule has 3 heteroatoms. The number of nitrogens with zero attached hydrogens (tertiary/aromatic N) is 1. The van der Waals surface area contributed by atoms with Gasteiger partial charge in [-0.1, -0.05) is 6.92 Å². The fraction of sp³-hybridized carbons (Fsp3) is 0.500. The van der Waals surface area contributed by atoms with E-state index in [0.717, 1.165) is 5.69 Å². The second kappa shape index (κ2) is 4.82. The smallest absolute Gasteiger partial charge is 0.0373 e. The van der Waals surface area contributed by atoms with Gasteiger partial charge in [-0.25, -0.2) is 0 Å². The summed E-state index contributed by atoms with van der Waals surface area (Å²) in [6, 6.07) is 4.31. The van der Waals surface area contributed by atoms with Crippen molar-refractivity contribution in [2.24, 2.45) is 11.7 Å². The highest BCUT2D eigenvalue weighted by Crippen LogP contribution is 2.10. The Morgan fingerprint density at radius 1 is 1.38 bits per heavy atom. The number of nitrogens with two attached hydrogens (primary N) is 1. The van der Waals surface area contributed by atoms with E-state index < -0.39 is 0 Å². The first kappa shape index (κ1) is 9.99. The van der Waals surface area contributed by atoms with E-state index in [9.17, 15) is 0 Å². The van der Waals surface area contributed by atoms with Crippen LogP contribution in [0.25, 0.3) is 0 Å². The second-order valence-corrected chi connectivity index (χ2v) is 3.38. The first-order chi connectivity index (χ1) is 6.24. The Morgan fingerprint density at radius 2 is 2.00 bits per heavy atom. The summed E-state index contributed by atoms with van der Waals surface area (Å²) in [6.45, 7) is 4.98. The largest absolute Gasteiger partial charge is 0.382 e. The molecule has 0 bridgehead atoms. The van der Waals surface area contributed by atoms with E-state index in [0.29, 0.717) is 18.5 Å². The van der Waals surface area contributed by atoms with E-state index in [1.165, 1.54) is 0 Å². The molecule has 0 spiro atoms. The van der Waals surface area contributed by atoms with Gasteiger partial charge >= 0.3 is 0 Å². The molecule has 0 saturated carbocycles. The van der Waals surface area contributed by atoms with Crippen LogP contribution in [0, 0.1) is 5.92 Å². The van der Waals surface area contributed by atoms with Crippen molar-refractivity contribution in [3.63, 3.8) is 0 Å². The molecule has 0 aliphatic carbocycles. The number of nitrogens with one attached hydrogen (secondary N) is 1. The summed E-state index contributed by atoms with van der Waals surface area (Å²) in [6.07, 6.45) is 3.56. The predicted octanol–water partition coefficient (Wildman–Crippen LogP) is 1.48. The highest BCUT2D eigenvalue weighted by molar-refractivity contribution is 5.41. The van der Waals surface area contributed by atoms with E-state index in [2.05, 4.69) is 24.1 Å². The normalized spacial score (nSPS) is 15.0. The summed E-state index contributed by atoms with van der Waals surface area (Å²) in [5.41, 5.74) is 6.67. The van der Waals surface area contributed by atoms with Gasteiger partial charge in [-0.3, -0.25) is 4.98 Å². The van der Waals surface area contributed by atoms with Gasteiger partial charge in [0.05, 0.1) is 0 Å². The molecular weight excluding hydrogens is 162 g/mol. The molecule has 0 aromatic carbocycles. The highest BCUT2D eigenvalue weighted by Gasteiger charge is 2.09. The van der Waals surface area contributed by atoms with Crippen LogP contribution in [0.3, 0.4) is 0 Å². The van der Waals surface area contributed by atoms with Gasteiger partial charge in [-0.15, -0.1) is 0 Å². The zero-order valence-corrected chi connectivity index (χ0v) is 8.20. The summed E-state index contributed by atoms with van der Waals surface area (Å²) in [5, 5.41) is 3.37. The third kappa shape index (κ3) is 3.03. The number of hydrogen-bond acceptors (Lipinski definition) is 3. The third-order valence-corrected chi connectivity index (χ3v) is 2.30. The molecular formula is C10H17N3. The van der Waals surface area contributed by atoms with Crippen molar-refractivity contribution >= 4 is 5.69 Å². The zero-order valence-electron chi connectivity index (χ0n) is 8.20. The number of pyridine rings is 1. The summed E-state index contributed by atoms with van der Waals surface area (Å²) >= 11 is 0. The van der Waals surface area contributed by atoms with Crippen LogP contribution >= 0.6 is 0 Å². The van der Waals surface area contributed by atoms with Gasteiger partial charge in [0.1, 0.15) is 0 Å². The van der Waals surface area contributed by atoms with Crippen molar-refractivity contribution in [2.75, 3.05) is 11.9 Å². The van der Waals surface area contributed by atoms with E-state index in [1.807, 2.05) is 12.1 Å². The summed E-state index contributed by atoms with van der Waals surface area (Å²) in [5.74, 6) is 0.480. The molecule has 1 heterocycles. The van der Waals surface area contributed by atoms with Crippen LogP contribution in [-0.4, -0.2) is 17.6 Å². The molecule has 0 amide bonds. The van der Waals surface area contributed by atoms with E-state index >= 15 is 0 Å². The lowest BCUT2D eigenvalue weighted by Gasteiger charge is -2.20. The van der Waals surface area contributed by atoms with Crippen LogP contribution in [-0.2, 0) is 0 Å². The lowest BCUT2D eigenvalue weighted by molar-refractivity contribution is 0.521. The molecule has 0 fully saturated rings. The number of rotatable bonds is 4. The minimum absolute atomic E-state index is 0.396. The van der Waals surface area contributed by atoms with Crippen molar-refractivity contribution in [3.8, 4) is 0 Å². The van der Waals surface area contributed by atoms with Crippen LogP contribution in [0.1, 0.15) is 13.8 Å². The monoisotopic (exact) mass is 179 g/mol. The fourth-order valence-corrected chi connectivity index (χ4v) is 1.06. The molecule has 0 saturated heterocycles. The van der Waals surface area contributed by atoms with Gasteiger partial charge in [0.25, 0.3) is 0 Å². The molecule has 1 rings (SSSR count). The first-order valence-corrected chi connectivity index (χ1v) is 4.60. The predicted molar refractivity (Wildman–Crippen MR) is 55.5 cm³/mol. The van der Waals surface area contributed by atoms with Gasteiger partial charge in [0.2, 0.25) is 0 Å². The molecule has 0 aliphatic rings. The van der Waals surface area contributed by atoms with Crippen LogP contribution < -0.4 is 11.1 Å². The number of hydrogen-bond donors (Lipinski definition) is 2. The number of anilines is 1. The molecule has 0 aliphatic heterocycles. The topological polar surface area (TPSA) is 50.9 Å². The maximum absolute atomic E-state index is 5.57. The molecule has 2 atom stereocenters. The van der Waals surface area contributed by atoms with E-state index in [-0.39, 0.29) is 0 Å². The van der Waals surface area contributed by atoms with Crippen molar-refractivity contribution in [1.82, 2.24) is 4.98 Å². The Kier molecular flexibility index (Phi) is 3.71. The molecule has 72 valence electrons. The molecule has 1 aromatic heterocycles. The third-order valence-electron chi connectivity index (χ3n) is 2.30. The van der Waals surface area contributed by atoms with Gasteiger partial charge < -0.3 is 11.1 Å². The van der Waals surface area contributed by atoms with Crippen LogP contribution in [0.15, 0.2) is 24.5 Å². The SMILES string of the molecule is CC(CN)C(C)Nc1ccncc1. The first-order valence-electron chi connectivity index (χ1n) is 4.60. The summed E-state index contributed by atoms with van der Waals surface area (Å²) in [4.78, 5) is 3.95. The van der Waals surface area contributed by atoms with Crippen LogP contribution in [0.4, 0.5) is 5.69 Å². The minimum atomic E-state index is 0.396.